The van der Waals surface area contributed by atoms with E-state index in [1.807, 2.05) is 66.8 Å². The summed E-state index contributed by atoms with van der Waals surface area (Å²) >= 11 is 6.30. The predicted octanol–water partition coefficient (Wildman–Crippen LogP) is 5.33. The number of piperidine rings is 1. The number of nitrogens with zero attached hydrogens (tertiary/aromatic N) is 6. The predicted molar refractivity (Wildman–Crippen MR) is 136 cm³/mol. The molecule has 7 nitrogen and oxygen atoms in total. The summed E-state index contributed by atoms with van der Waals surface area (Å²) in [5, 5.41) is 0.665. The van der Waals surface area contributed by atoms with Gasteiger partial charge in [0.15, 0.2) is 0 Å². The third kappa shape index (κ3) is 5.25. The first kappa shape index (κ1) is 24.2. The zero-order chi connectivity index (χ0) is 24.2. The molecule has 1 atom stereocenters. The van der Waals surface area contributed by atoms with Crippen molar-refractivity contribution in [2.45, 2.75) is 58.0 Å². The number of imidazole rings is 1. The highest BCUT2D eigenvalue weighted by atomic mass is 35.5. The van der Waals surface area contributed by atoms with E-state index < -0.39 is 0 Å². The van der Waals surface area contributed by atoms with E-state index >= 15 is 0 Å². The molecule has 1 fully saturated rings. The van der Waals surface area contributed by atoms with Crippen molar-refractivity contribution in [1.82, 2.24) is 24.4 Å². The van der Waals surface area contributed by atoms with Crippen molar-refractivity contribution >= 4 is 23.5 Å². The van der Waals surface area contributed by atoms with E-state index in [1.54, 1.807) is 0 Å². The van der Waals surface area contributed by atoms with Gasteiger partial charge < -0.3 is 14.4 Å². The van der Waals surface area contributed by atoms with E-state index in [1.165, 1.54) is 0 Å². The second-order valence-corrected chi connectivity index (χ2v) is 9.79. The number of carbonyl (C=O) groups excluding carboxylic acids is 1. The minimum Gasteiger partial charge on any atom is -0.347 e. The summed E-state index contributed by atoms with van der Waals surface area (Å²) in [6.45, 7) is 5.61. The van der Waals surface area contributed by atoms with Crippen LogP contribution in [0.3, 0.4) is 0 Å². The maximum atomic E-state index is 13.5. The lowest BCUT2D eigenvalue weighted by molar-refractivity contribution is -0.135. The maximum Gasteiger partial charge on any atom is 0.225 e. The van der Waals surface area contributed by atoms with Crippen LogP contribution in [0.25, 0.3) is 11.1 Å². The maximum absolute atomic E-state index is 13.5. The van der Waals surface area contributed by atoms with Gasteiger partial charge in [-0.3, -0.25) is 4.79 Å². The Kier molecular flexibility index (Phi) is 7.51. The molecule has 4 rings (SSSR count). The molecule has 0 bridgehead atoms. The number of hydrogen-bond acceptors (Lipinski definition) is 5. The van der Waals surface area contributed by atoms with Crippen LogP contribution in [0.5, 0.6) is 0 Å². The first-order valence-electron chi connectivity index (χ1n) is 12.0. The van der Waals surface area contributed by atoms with E-state index in [-0.39, 0.29) is 11.9 Å². The molecule has 180 valence electrons. The van der Waals surface area contributed by atoms with Crippen LogP contribution in [0.15, 0.2) is 42.9 Å². The Morgan fingerprint density at radius 3 is 2.79 bits per heavy atom. The standard InChI is InChI=1S/C26H33ClN6O/c1-18(2)25-28-12-15-32(25)14-11-23(34)33-13-6-5-10-22(33)24-21(17-29-26(30-24)31(3)4)19-8-7-9-20(27)16-19/h7-9,12,15-18,22H,5-6,10-11,13-14H2,1-4H3/t22-/m1/s1. The topological polar surface area (TPSA) is 67.2 Å². The molecule has 0 spiro atoms. The van der Waals surface area contributed by atoms with Crippen LogP contribution >= 0.6 is 11.6 Å². The molecule has 1 amide bonds. The molecule has 8 heteroatoms. The third-order valence-electron chi connectivity index (χ3n) is 6.31. The zero-order valence-electron chi connectivity index (χ0n) is 20.4. The molecule has 1 aliphatic rings. The fourth-order valence-electron chi connectivity index (χ4n) is 4.62. The van der Waals surface area contributed by atoms with Crippen molar-refractivity contribution in [2.24, 2.45) is 0 Å². The Morgan fingerprint density at radius 2 is 2.06 bits per heavy atom. The van der Waals surface area contributed by atoms with Gasteiger partial charge in [0, 0.05) is 68.7 Å². The molecule has 0 unspecified atom stereocenters. The Morgan fingerprint density at radius 1 is 1.24 bits per heavy atom. The Labute approximate surface area is 206 Å². The van der Waals surface area contributed by atoms with Gasteiger partial charge >= 0.3 is 0 Å². The SMILES string of the molecule is CC(C)c1nccn1CCC(=O)N1CCCC[C@@H]1c1nc(N(C)C)ncc1-c1cccc(Cl)c1. The molecule has 2 aromatic heterocycles. The lowest BCUT2D eigenvalue weighted by Gasteiger charge is -2.36. The van der Waals surface area contributed by atoms with Crippen molar-refractivity contribution in [2.75, 3.05) is 25.5 Å². The van der Waals surface area contributed by atoms with Crippen LogP contribution in [-0.4, -0.2) is 51.0 Å². The highest BCUT2D eigenvalue weighted by molar-refractivity contribution is 6.30. The van der Waals surface area contributed by atoms with Gasteiger partial charge in [-0.25, -0.2) is 15.0 Å². The molecular weight excluding hydrogens is 448 g/mol. The lowest BCUT2D eigenvalue weighted by Crippen LogP contribution is -2.39. The van der Waals surface area contributed by atoms with Crippen LogP contribution in [-0.2, 0) is 11.3 Å². The van der Waals surface area contributed by atoms with Gasteiger partial charge in [-0.2, -0.15) is 0 Å². The fraction of sp³-hybridized carbons (Fsp3) is 0.462. The minimum atomic E-state index is -0.0933. The summed E-state index contributed by atoms with van der Waals surface area (Å²) < 4.78 is 2.09. The van der Waals surface area contributed by atoms with E-state index in [0.29, 0.717) is 29.9 Å². The van der Waals surface area contributed by atoms with E-state index in [0.717, 1.165) is 48.5 Å². The normalized spacial score (nSPS) is 16.2. The minimum absolute atomic E-state index is 0.0933. The third-order valence-corrected chi connectivity index (χ3v) is 6.55. The average molecular weight is 481 g/mol. The summed E-state index contributed by atoms with van der Waals surface area (Å²) in [5.74, 6) is 2.12. The van der Waals surface area contributed by atoms with E-state index in [2.05, 4.69) is 28.4 Å². The van der Waals surface area contributed by atoms with Gasteiger partial charge in [-0.05, 0) is 37.0 Å². The number of rotatable bonds is 7. The lowest BCUT2D eigenvalue weighted by atomic mass is 9.93. The molecule has 0 N–H and O–H groups in total. The van der Waals surface area contributed by atoms with Crippen LogP contribution in [0.4, 0.5) is 5.95 Å². The average Bonchev–Trinajstić information content (AvgIpc) is 3.31. The Balaban J connectivity index is 1.65. The summed E-state index contributed by atoms with van der Waals surface area (Å²) in [6.07, 6.45) is 9.01. The summed E-state index contributed by atoms with van der Waals surface area (Å²) in [5.41, 5.74) is 2.78. The Bertz CT molecular complexity index is 1140. The molecule has 1 saturated heterocycles. The summed E-state index contributed by atoms with van der Waals surface area (Å²) in [6, 6.07) is 7.65. The van der Waals surface area contributed by atoms with Gasteiger partial charge in [0.05, 0.1) is 11.7 Å². The van der Waals surface area contributed by atoms with E-state index in [9.17, 15) is 4.79 Å². The van der Waals surface area contributed by atoms with Gasteiger partial charge in [0.1, 0.15) is 5.82 Å². The Hall–Kier alpha value is -2.93. The molecule has 1 aliphatic heterocycles. The number of aryl methyl sites for hydroxylation is 1. The van der Waals surface area contributed by atoms with Crippen LogP contribution in [0.1, 0.15) is 63.0 Å². The van der Waals surface area contributed by atoms with E-state index in [4.69, 9.17) is 16.6 Å². The molecule has 3 aromatic rings. The molecule has 0 radical (unpaired) electrons. The van der Waals surface area contributed by atoms with Crippen molar-refractivity contribution in [3.63, 3.8) is 0 Å². The number of hydrogen-bond donors (Lipinski definition) is 0. The van der Waals surface area contributed by atoms with Crippen LogP contribution < -0.4 is 4.90 Å². The number of likely N-dealkylation sites (tertiary alicyclic amines) is 1. The smallest absolute Gasteiger partial charge is 0.225 e. The molecular formula is C26H33ClN6O. The van der Waals surface area contributed by atoms with Gasteiger partial charge in [0.2, 0.25) is 11.9 Å². The molecule has 0 saturated carbocycles. The van der Waals surface area contributed by atoms with Crippen molar-refractivity contribution in [1.29, 1.82) is 0 Å². The quantitative estimate of drug-likeness (QED) is 0.457. The number of halogens is 1. The number of carbonyl (C=O) groups is 1. The van der Waals surface area contributed by atoms with Gasteiger partial charge in [-0.1, -0.05) is 37.6 Å². The van der Waals surface area contributed by atoms with Crippen molar-refractivity contribution in [3.8, 4) is 11.1 Å². The summed E-state index contributed by atoms with van der Waals surface area (Å²) in [7, 11) is 3.86. The van der Waals surface area contributed by atoms with Crippen LogP contribution in [0, 0.1) is 0 Å². The highest BCUT2D eigenvalue weighted by Crippen LogP contribution is 2.37. The molecule has 0 aliphatic carbocycles. The number of aromatic nitrogens is 4. The second-order valence-electron chi connectivity index (χ2n) is 9.36. The molecule has 3 heterocycles. The van der Waals surface area contributed by atoms with Crippen LogP contribution in [0.2, 0.25) is 5.02 Å². The molecule has 1 aromatic carbocycles. The first-order chi connectivity index (χ1) is 16.3. The van der Waals surface area contributed by atoms with Gasteiger partial charge in [0.25, 0.3) is 0 Å². The first-order valence-corrected chi connectivity index (χ1v) is 12.3. The summed E-state index contributed by atoms with van der Waals surface area (Å²) in [4.78, 5) is 31.4. The number of benzene rings is 1. The highest BCUT2D eigenvalue weighted by Gasteiger charge is 2.31. The van der Waals surface area contributed by atoms with Crippen molar-refractivity contribution < 1.29 is 4.79 Å². The fourth-order valence-corrected chi connectivity index (χ4v) is 4.81. The van der Waals surface area contributed by atoms with Crippen molar-refractivity contribution in [3.05, 3.63) is 59.4 Å². The van der Waals surface area contributed by atoms with Gasteiger partial charge in [-0.15, -0.1) is 0 Å². The monoisotopic (exact) mass is 480 g/mol. The number of anilines is 1. The zero-order valence-corrected chi connectivity index (χ0v) is 21.2. The second kappa shape index (κ2) is 10.6. The molecule has 34 heavy (non-hydrogen) atoms. The largest absolute Gasteiger partial charge is 0.347 e. The number of amides is 1.